The third-order valence-corrected chi connectivity index (χ3v) is 5.90. The van der Waals surface area contributed by atoms with Gasteiger partial charge in [0, 0.05) is 43.1 Å². The van der Waals surface area contributed by atoms with Crippen LogP contribution in [-0.2, 0) is 0 Å². The number of hydrogen-bond donors (Lipinski definition) is 1. The predicted octanol–water partition coefficient (Wildman–Crippen LogP) is 4.37. The van der Waals surface area contributed by atoms with Gasteiger partial charge in [-0.1, -0.05) is 29.0 Å². The minimum Gasteiger partial charge on any atom is -0.368 e. The number of amides is 1. The van der Waals surface area contributed by atoms with Crippen LogP contribution in [0.4, 0.5) is 10.8 Å². The standard InChI is InChI=1S/C22H25N5OS/c1-15(2)24-25-22-23-19-9-8-18(14-20(19)29-22)26-10-12-27(13-11-26)21(28)17-6-4-16(3)5-7-17/h4-9,14H,10-13H2,1-3H3,(H,23,25). The molecular formula is C22H25N5OS. The van der Waals surface area contributed by atoms with E-state index in [2.05, 4.69) is 38.6 Å². The number of nitrogens with zero attached hydrogens (tertiary/aromatic N) is 4. The largest absolute Gasteiger partial charge is 0.368 e. The van der Waals surface area contributed by atoms with Crippen LogP contribution in [0.3, 0.4) is 0 Å². The molecule has 0 bridgehead atoms. The van der Waals surface area contributed by atoms with Crippen LogP contribution in [0.5, 0.6) is 0 Å². The second-order valence-electron chi connectivity index (χ2n) is 7.49. The lowest BCUT2D eigenvalue weighted by molar-refractivity contribution is 0.0747. The highest BCUT2D eigenvalue weighted by atomic mass is 32.1. The van der Waals surface area contributed by atoms with E-state index in [1.165, 1.54) is 11.3 Å². The van der Waals surface area contributed by atoms with E-state index in [1.807, 2.05) is 49.9 Å². The fourth-order valence-corrected chi connectivity index (χ4v) is 4.21. The molecule has 1 saturated heterocycles. The number of aromatic nitrogens is 1. The Hall–Kier alpha value is -2.93. The number of hydrogen-bond acceptors (Lipinski definition) is 6. The van der Waals surface area contributed by atoms with Crippen molar-refractivity contribution in [2.45, 2.75) is 20.8 Å². The molecule has 150 valence electrons. The predicted molar refractivity (Wildman–Crippen MR) is 121 cm³/mol. The summed E-state index contributed by atoms with van der Waals surface area (Å²) in [5.74, 6) is 0.116. The van der Waals surface area contributed by atoms with Crippen LogP contribution in [0.15, 0.2) is 47.6 Å². The molecule has 2 heterocycles. The summed E-state index contributed by atoms with van der Waals surface area (Å²) in [7, 11) is 0. The number of nitrogens with one attached hydrogen (secondary N) is 1. The fourth-order valence-electron chi connectivity index (χ4n) is 3.36. The van der Waals surface area contributed by atoms with Crippen molar-refractivity contribution in [3.8, 4) is 0 Å². The van der Waals surface area contributed by atoms with Gasteiger partial charge >= 0.3 is 0 Å². The molecule has 3 aromatic rings. The minimum absolute atomic E-state index is 0.116. The molecule has 4 rings (SSSR count). The van der Waals surface area contributed by atoms with Gasteiger partial charge in [-0.2, -0.15) is 5.10 Å². The number of aryl methyl sites for hydroxylation is 1. The van der Waals surface area contributed by atoms with Gasteiger partial charge in [-0.15, -0.1) is 0 Å². The summed E-state index contributed by atoms with van der Waals surface area (Å²) in [5.41, 5.74) is 8.04. The molecule has 0 saturated carbocycles. The summed E-state index contributed by atoms with van der Waals surface area (Å²) >= 11 is 1.60. The lowest BCUT2D eigenvalue weighted by atomic mass is 10.1. The lowest BCUT2D eigenvalue weighted by Crippen LogP contribution is -2.48. The first kappa shape index (κ1) is 19.4. The van der Waals surface area contributed by atoms with Gasteiger partial charge < -0.3 is 9.80 Å². The van der Waals surface area contributed by atoms with Crippen LogP contribution in [0, 0.1) is 6.92 Å². The highest BCUT2D eigenvalue weighted by Crippen LogP contribution is 2.30. The maximum absolute atomic E-state index is 12.7. The fraction of sp³-hybridized carbons (Fsp3) is 0.318. The van der Waals surface area contributed by atoms with Crippen molar-refractivity contribution in [3.05, 3.63) is 53.6 Å². The van der Waals surface area contributed by atoms with E-state index in [9.17, 15) is 4.79 Å². The molecule has 1 aliphatic heterocycles. The van der Waals surface area contributed by atoms with Crippen molar-refractivity contribution < 1.29 is 4.79 Å². The van der Waals surface area contributed by atoms with Gasteiger partial charge in [0.2, 0.25) is 5.13 Å². The van der Waals surface area contributed by atoms with Gasteiger partial charge in [0.1, 0.15) is 0 Å². The van der Waals surface area contributed by atoms with Gasteiger partial charge in [-0.3, -0.25) is 10.2 Å². The van der Waals surface area contributed by atoms with Crippen LogP contribution in [0.25, 0.3) is 10.2 Å². The quantitative estimate of drug-likeness (QED) is 0.515. The lowest BCUT2D eigenvalue weighted by Gasteiger charge is -2.36. The van der Waals surface area contributed by atoms with E-state index in [0.29, 0.717) is 0 Å². The van der Waals surface area contributed by atoms with Crippen molar-refractivity contribution in [2.24, 2.45) is 5.10 Å². The molecule has 1 amide bonds. The van der Waals surface area contributed by atoms with Gasteiger partial charge in [0.05, 0.1) is 10.2 Å². The van der Waals surface area contributed by atoms with E-state index in [0.717, 1.165) is 52.8 Å². The molecular weight excluding hydrogens is 382 g/mol. The van der Waals surface area contributed by atoms with E-state index >= 15 is 0 Å². The van der Waals surface area contributed by atoms with E-state index in [-0.39, 0.29) is 5.91 Å². The van der Waals surface area contributed by atoms with Gasteiger partial charge in [-0.05, 0) is 51.1 Å². The van der Waals surface area contributed by atoms with Gasteiger partial charge in [0.15, 0.2) is 0 Å². The summed E-state index contributed by atoms with van der Waals surface area (Å²) in [6, 6.07) is 14.2. The zero-order valence-electron chi connectivity index (χ0n) is 17.0. The Labute approximate surface area is 174 Å². The highest BCUT2D eigenvalue weighted by molar-refractivity contribution is 7.22. The Kier molecular flexibility index (Phi) is 5.49. The summed E-state index contributed by atoms with van der Waals surface area (Å²) < 4.78 is 1.13. The molecule has 0 aliphatic carbocycles. The number of hydrazone groups is 1. The van der Waals surface area contributed by atoms with Crippen molar-refractivity contribution >= 4 is 44.0 Å². The molecule has 1 fully saturated rings. The second kappa shape index (κ2) is 8.21. The number of rotatable bonds is 4. The zero-order valence-corrected chi connectivity index (χ0v) is 17.8. The second-order valence-corrected chi connectivity index (χ2v) is 8.52. The van der Waals surface area contributed by atoms with Gasteiger partial charge in [-0.25, -0.2) is 4.98 Å². The molecule has 0 spiro atoms. The maximum atomic E-state index is 12.7. The topological polar surface area (TPSA) is 60.8 Å². The number of carbonyl (C=O) groups is 1. The number of thiazole rings is 1. The number of piperazine rings is 1. The number of fused-ring (bicyclic) bond motifs is 1. The molecule has 6 nitrogen and oxygen atoms in total. The Balaban J connectivity index is 1.42. The number of anilines is 2. The van der Waals surface area contributed by atoms with Crippen LogP contribution in [0.2, 0.25) is 0 Å². The minimum atomic E-state index is 0.116. The van der Waals surface area contributed by atoms with Crippen molar-refractivity contribution in [1.82, 2.24) is 9.88 Å². The molecule has 1 N–H and O–H groups in total. The average Bonchev–Trinajstić information content (AvgIpc) is 3.14. The smallest absolute Gasteiger partial charge is 0.253 e. The SMILES string of the molecule is CC(C)=NNc1nc2ccc(N3CCN(C(=O)c4ccc(C)cc4)CC3)cc2s1. The van der Waals surface area contributed by atoms with Crippen LogP contribution in [0.1, 0.15) is 29.8 Å². The Bertz CT molecular complexity index is 1040. The Morgan fingerprint density at radius 1 is 1.07 bits per heavy atom. The molecule has 29 heavy (non-hydrogen) atoms. The third kappa shape index (κ3) is 4.40. The normalized spacial score (nSPS) is 14.2. The molecule has 0 atom stereocenters. The van der Waals surface area contributed by atoms with E-state index in [4.69, 9.17) is 0 Å². The van der Waals surface area contributed by atoms with Crippen LogP contribution < -0.4 is 10.3 Å². The number of benzene rings is 2. The summed E-state index contributed by atoms with van der Waals surface area (Å²) in [6.45, 7) is 9.03. The highest BCUT2D eigenvalue weighted by Gasteiger charge is 2.22. The van der Waals surface area contributed by atoms with Crippen molar-refractivity contribution in [3.63, 3.8) is 0 Å². The molecule has 7 heteroatoms. The van der Waals surface area contributed by atoms with Crippen molar-refractivity contribution in [2.75, 3.05) is 36.5 Å². The summed E-state index contributed by atoms with van der Waals surface area (Å²) in [6.07, 6.45) is 0. The first-order valence-electron chi connectivity index (χ1n) is 9.78. The van der Waals surface area contributed by atoms with E-state index in [1.54, 1.807) is 11.3 Å². The monoisotopic (exact) mass is 407 g/mol. The molecule has 2 aromatic carbocycles. The summed E-state index contributed by atoms with van der Waals surface area (Å²) in [5, 5.41) is 5.02. The molecule has 1 aliphatic rings. The molecule has 0 radical (unpaired) electrons. The van der Waals surface area contributed by atoms with Crippen molar-refractivity contribution in [1.29, 1.82) is 0 Å². The van der Waals surface area contributed by atoms with Gasteiger partial charge in [0.25, 0.3) is 5.91 Å². The van der Waals surface area contributed by atoms with Crippen LogP contribution in [-0.4, -0.2) is 47.7 Å². The third-order valence-electron chi connectivity index (χ3n) is 4.98. The maximum Gasteiger partial charge on any atom is 0.253 e. The first-order chi connectivity index (χ1) is 14.0. The average molecular weight is 408 g/mol. The Morgan fingerprint density at radius 2 is 1.79 bits per heavy atom. The van der Waals surface area contributed by atoms with Crippen LogP contribution >= 0.6 is 11.3 Å². The zero-order chi connectivity index (χ0) is 20.4. The summed E-state index contributed by atoms with van der Waals surface area (Å²) in [4.78, 5) is 21.6. The molecule has 1 aromatic heterocycles. The van der Waals surface area contributed by atoms with E-state index < -0.39 is 0 Å². The number of carbonyl (C=O) groups excluding carboxylic acids is 1. The Morgan fingerprint density at radius 3 is 2.48 bits per heavy atom. The molecule has 0 unspecified atom stereocenters. The first-order valence-corrected chi connectivity index (χ1v) is 10.6.